The van der Waals surface area contributed by atoms with Crippen molar-refractivity contribution in [1.29, 1.82) is 5.41 Å². The van der Waals surface area contributed by atoms with Crippen molar-refractivity contribution >= 4 is 14.6 Å². The maximum atomic E-state index is 10.1. The van der Waals surface area contributed by atoms with Crippen LogP contribution in [0, 0.1) is 5.41 Å². The highest BCUT2D eigenvalue weighted by Crippen LogP contribution is 2.00. The van der Waals surface area contributed by atoms with Gasteiger partial charge in [-0.15, -0.1) is 0 Å². The van der Waals surface area contributed by atoms with E-state index in [0.29, 0.717) is 13.1 Å². The van der Waals surface area contributed by atoms with E-state index in [0.717, 1.165) is 4.67 Å². The minimum absolute atomic E-state index is 0.225. The molecule has 0 rings (SSSR count). The standard InChI is InChI=1S/C3H9N4OP/c4-1-2-7(9-8)3(5)6/h1-2,4H2,(H3,5,6). The zero-order valence-corrected chi connectivity index (χ0v) is 5.77. The van der Waals surface area contributed by atoms with Crippen LogP contribution in [-0.4, -0.2) is 23.7 Å². The number of hydrogen-bond acceptors (Lipinski definition) is 3. The Morgan fingerprint density at radius 3 is 2.44 bits per heavy atom. The zero-order valence-electron chi connectivity index (χ0n) is 4.87. The molecule has 0 aliphatic rings. The molecular weight excluding hydrogens is 139 g/mol. The summed E-state index contributed by atoms with van der Waals surface area (Å²) in [5, 5.41) is 6.80. The average molecular weight is 148 g/mol. The fourth-order valence-corrected chi connectivity index (χ4v) is 0.613. The second-order valence-corrected chi connectivity index (χ2v) is 2.02. The van der Waals surface area contributed by atoms with E-state index in [1.165, 1.54) is 0 Å². The van der Waals surface area contributed by atoms with E-state index in [4.69, 9.17) is 16.9 Å². The van der Waals surface area contributed by atoms with E-state index in [9.17, 15) is 4.57 Å². The van der Waals surface area contributed by atoms with Crippen molar-refractivity contribution in [1.82, 2.24) is 4.67 Å². The molecule has 0 unspecified atom stereocenters. The molecule has 5 N–H and O–H groups in total. The molecule has 0 saturated carbocycles. The number of nitrogens with zero attached hydrogens (tertiary/aromatic N) is 1. The summed E-state index contributed by atoms with van der Waals surface area (Å²) in [5.74, 6) is -0.225. The van der Waals surface area contributed by atoms with Gasteiger partial charge in [0.15, 0.2) is 5.96 Å². The number of hydrogen-bond donors (Lipinski definition) is 3. The predicted octanol–water partition coefficient (Wildman–Crippen LogP) is -0.653. The first-order chi connectivity index (χ1) is 4.22. The zero-order chi connectivity index (χ0) is 7.28. The highest BCUT2D eigenvalue weighted by Gasteiger charge is 2.01. The van der Waals surface area contributed by atoms with Crippen LogP contribution in [0.25, 0.3) is 0 Å². The third-order valence-electron chi connectivity index (χ3n) is 0.718. The third-order valence-corrected chi connectivity index (χ3v) is 1.33. The summed E-state index contributed by atoms with van der Waals surface area (Å²) in [6, 6.07) is 0. The van der Waals surface area contributed by atoms with E-state index < -0.39 is 0 Å². The molecule has 6 heteroatoms. The van der Waals surface area contributed by atoms with Crippen LogP contribution in [-0.2, 0) is 4.57 Å². The predicted molar refractivity (Wildman–Crippen MR) is 35.3 cm³/mol. The summed E-state index contributed by atoms with van der Waals surface area (Å²) < 4.78 is 11.2. The topological polar surface area (TPSA) is 96.2 Å². The molecular formula is C3H9N4OP. The Morgan fingerprint density at radius 1 is 1.78 bits per heavy atom. The molecule has 0 saturated heterocycles. The first-order valence-corrected chi connectivity index (χ1v) is 3.13. The van der Waals surface area contributed by atoms with Gasteiger partial charge in [-0.05, 0) is 0 Å². The molecule has 0 aliphatic carbocycles. The van der Waals surface area contributed by atoms with Gasteiger partial charge in [-0.1, -0.05) is 0 Å². The maximum absolute atomic E-state index is 10.1. The van der Waals surface area contributed by atoms with Gasteiger partial charge in [0.05, 0.1) is 0 Å². The molecule has 0 bridgehead atoms. The molecule has 0 radical (unpaired) electrons. The molecule has 0 aromatic rings. The van der Waals surface area contributed by atoms with Gasteiger partial charge in [-0.2, -0.15) is 0 Å². The molecule has 0 spiro atoms. The van der Waals surface area contributed by atoms with Crippen molar-refractivity contribution in [2.45, 2.75) is 0 Å². The number of guanidine groups is 1. The lowest BCUT2D eigenvalue weighted by molar-refractivity contribution is 0.551. The van der Waals surface area contributed by atoms with Gasteiger partial charge in [0.1, 0.15) is 0 Å². The Bertz CT molecular complexity index is 116. The Labute approximate surface area is 54.8 Å². The molecule has 0 fully saturated rings. The molecule has 0 aliphatic heterocycles. The van der Waals surface area contributed by atoms with Crippen LogP contribution in [0.4, 0.5) is 0 Å². The average Bonchev–Trinajstić information content (AvgIpc) is 1.82. The van der Waals surface area contributed by atoms with Crippen LogP contribution in [0.5, 0.6) is 0 Å². The second kappa shape index (κ2) is 4.23. The highest BCUT2D eigenvalue weighted by atomic mass is 31.1. The van der Waals surface area contributed by atoms with E-state index in [-0.39, 0.29) is 14.6 Å². The SMILES string of the molecule is N=C(N)N(CCN)P=O. The monoisotopic (exact) mass is 148 g/mol. The van der Waals surface area contributed by atoms with E-state index >= 15 is 0 Å². The molecule has 9 heavy (non-hydrogen) atoms. The Kier molecular flexibility index (Phi) is 3.92. The van der Waals surface area contributed by atoms with E-state index in [2.05, 4.69) is 0 Å². The molecule has 52 valence electrons. The molecule has 0 aromatic carbocycles. The van der Waals surface area contributed by atoms with Gasteiger partial charge in [0.2, 0.25) is 0 Å². The van der Waals surface area contributed by atoms with Crippen molar-refractivity contribution in [3.8, 4) is 0 Å². The largest absolute Gasteiger partial charge is 0.369 e. The van der Waals surface area contributed by atoms with Gasteiger partial charge in [0.25, 0.3) is 8.61 Å². The van der Waals surface area contributed by atoms with E-state index in [1.807, 2.05) is 0 Å². The minimum Gasteiger partial charge on any atom is -0.369 e. The third kappa shape index (κ3) is 3.00. The van der Waals surface area contributed by atoms with Crippen LogP contribution < -0.4 is 11.5 Å². The minimum atomic E-state index is -0.277. The summed E-state index contributed by atoms with van der Waals surface area (Å²) >= 11 is 0. The summed E-state index contributed by atoms with van der Waals surface area (Å²) in [5.41, 5.74) is 10.1. The Morgan fingerprint density at radius 2 is 2.33 bits per heavy atom. The van der Waals surface area contributed by atoms with Crippen LogP contribution in [0.2, 0.25) is 0 Å². The van der Waals surface area contributed by atoms with Gasteiger partial charge < -0.3 is 11.5 Å². The second-order valence-electron chi connectivity index (χ2n) is 1.38. The van der Waals surface area contributed by atoms with Crippen LogP contribution in [0.3, 0.4) is 0 Å². The molecule has 0 amide bonds. The lowest BCUT2D eigenvalue weighted by Crippen LogP contribution is -2.32. The van der Waals surface area contributed by atoms with Gasteiger partial charge in [-0.25, -0.2) is 4.57 Å². The Balaban J connectivity index is 3.68. The smallest absolute Gasteiger partial charge is 0.284 e. The lowest BCUT2D eigenvalue weighted by atomic mass is 10.6. The molecule has 5 nitrogen and oxygen atoms in total. The molecule has 0 aromatic heterocycles. The number of nitrogens with two attached hydrogens (primary N) is 2. The summed E-state index contributed by atoms with van der Waals surface area (Å²) in [4.78, 5) is 0. The quantitative estimate of drug-likeness (QED) is 0.281. The summed E-state index contributed by atoms with van der Waals surface area (Å²) in [6.45, 7) is 0.690. The van der Waals surface area contributed by atoms with Gasteiger partial charge in [-0.3, -0.25) is 10.1 Å². The summed E-state index contributed by atoms with van der Waals surface area (Å²) in [7, 11) is -0.277. The first-order valence-electron chi connectivity index (χ1n) is 2.37. The van der Waals surface area contributed by atoms with Crippen molar-refractivity contribution in [3.05, 3.63) is 0 Å². The van der Waals surface area contributed by atoms with Crippen molar-refractivity contribution in [3.63, 3.8) is 0 Å². The van der Waals surface area contributed by atoms with Crippen molar-refractivity contribution in [2.75, 3.05) is 13.1 Å². The summed E-state index contributed by atoms with van der Waals surface area (Å²) in [6.07, 6.45) is 0. The normalized spacial score (nSPS) is 9.44. The lowest BCUT2D eigenvalue weighted by Gasteiger charge is -2.10. The number of rotatable bonds is 3. The number of nitrogens with one attached hydrogen (secondary N) is 1. The fourth-order valence-electron chi connectivity index (χ4n) is 0.328. The fraction of sp³-hybridized carbons (Fsp3) is 0.667. The molecule has 0 atom stereocenters. The van der Waals surface area contributed by atoms with Crippen LogP contribution >= 0.6 is 8.61 Å². The van der Waals surface area contributed by atoms with Gasteiger partial charge >= 0.3 is 0 Å². The van der Waals surface area contributed by atoms with Crippen LogP contribution in [0.1, 0.15) is 0 Å². The van der Waals surface area contributed by atoms with E-state index in [1.54, 1.807) is 0 Å². The highest BCUT2D eigenvalue weighted by molar-refractivity contribution is 7.21. The van der Waals surface area contributed by atoms with Gasteiger partial charge in [0, 0.05) is 13.1 Å². The first kappa shape index (κ1) is 8.33. The van der Waals surface area contributed by atoms with Crippen molar-refractivity contribution < 1.29 is 4.57 Å². The van der Waals surface area contributed by atoms with Crippen molar-refractivity contribution in [2.24, 2.45) is 11.5 Å². The van der Waals surface area contributed by atoms with Crippen LogP contribution in [0.15, 0.2) is 0 Å². The Hall–Kier alpha value is -0.670. The molecule has 0 heterocycles. The maximum Gasteiger partial charge on any atom is 0.284 e.